The Labute approximate surface area is 122 Å². The van der Waals surface area contributed by atoms with E-state index in [-0.39, 0.29) is 23.5 Å². The summed E-state index contributed by atoms with van der Waals surface area (Å²) in [5, 5.41) is 23.3. The fourth-order valence-electron chi connectivity index (χ4n) is 2.50. The number of carbonyl (C=O) groups is 1. The number of benzene rings is 1. The van der Waals surface area contributed by atoms with Crippen molar-refractivity contribution in [1.82, 2.24) is 10.2 Å². The van der Waals surface area contributed by atoms with Crippen LogP contribution in [-0.4, -0.2) is 33.9 Å². The van der Waals surface area contributed by atoms with E-state index >= 15 is 0 Å². The molecule has 0 bridgehead atoms. The highest BCUT2D eigenvalue weighted by Gasteiger charge is 2.31. The number of nitro benzene ring substituents is 1. The Bertz CT molecular complexity index is 547. The van der Waals surface area contributed by atoms with Crippen LogP contribution in [0, 0.1) is 10.1 Å². The van der Waals surface area contributed by atoms with Gasteiger partial charge in [0.15, 0.2) is 5.75 Å². The molecule has 114 valence electrons. The van der Waals surface area contributed by atoms with Gasteiger partial charge in [0, 0.05) is 12.6 Å². The van der Waals surface area contributed by atoms with E-state index in [1.807, 2.05) is 4.90 Å². The van der Waals surface area contributed by atoms with Gasteiger partial charge in [0.05, 0.1) is 11.5 Å². The first kappa shape index (κ1) is 15.2. The molecule has 0 unspecified atom stereocenters. The molecule has 2 N–H and O–H groups in total. The third kappa shape index (κ3) is 3.49. The Balaban J connectivity index is 2.16. The minimum atomic E-state index is -0.634. The lowest BCUT2D eigenvalue weighted by Crippen LogP contribution is -2.28. The molecule has 0 aliphatic carbocycles. The van der Waals surface area contributed by atoms with Crippen LogP contribution in [-0.2, 0) is 4.79 Å². The number of carbonyl (C=O) groups excluding carboxylic acids is 1. The molecule has 1 aromatic carbocycles. The van der Waals surface area contributed by atoms with Crippen LogP contribution in [0.4, 0.5) is 5.69 Å². The molecule has 0 spiro atoms. The number of hydrogen-bond donors (Lipinski definition) is 2. The Morgan fingerprint density at radius 2 is 2.24 bits per heavy atom. The molecule has 2 rings (SSSR count). The number of phenolic OH excluding ortho intramolecular Hbond substituents is 1. The minimum Gasteiger partial charge on any atom is -0.502 e. The number of aromatic hydroxyl groups is 1. The lowest BCUT2D eigenvalue weighted by Gasteiger charge is -2.23. The molecular weight excluding hydrogens is 274 g/mol. The van der Waals surface area contributed by atoms with Crippen LogP contribution >= 0.6 is 0 Å². The zero-order valence-electron chi connectivity index (χ0n) is 11.9. The number of nitro groups is 1. The average Bonchev–Trinajstić information content (AvgIpc) is 2.79. The van der Waals surface area contributed by atoms with E-state index in [0.29, 0.717) is 12.1 Å². The predicted octanol–water partition coefficient (Wildman–Crippen LogP) is 1.92. The van der Waals surface area contributed by atoms with Crippen LogP contribution in [0.2, 0.25) is 0 Å². The molecule has 1 amide bonds. The van der Waals surface area contributed by atoms with Crippen LogP contribution in [0.5, 0.6) is 5.75 Å². The molecule has 21 heavy (non-hydrogen) atoms. The standard InChI is InChI=1S/C14H19N3O4/c1-2-3-4-7-16-9-13(19)15-14(16)10-5-6-11(17(20)21)12(18)8-10/h5-6,8,14,18H,2-4,7,9H2,1H3,(H,15,19)/t14-/m0/s1. The monoisotopic (exact) mass is 293 g/mol. The number of hydrogen-bond acceptors (Lipinski definition) is 5. The van der Waals surface area contributed by atoms with Gasteiger partial charge >= 0.3 is 5.69 Å². The number of phenols is 1. The second-order valence-corrected chi connectivity index (χ2v) is 5.15. The normalized spacial score (nSPS) is 18.7. The molecule has 1 aromatic rings. The molecule has 0 radical (unpaired) electrons. The summed E-state index contributed by atoms with van der Waals surface area (Å²) in [4.78, 5) is 23.7. The summed E-state index contributed by atoms with van der Waals surface area (Å²) < 4.78 is 0. The maximum absolute atomic E-state index is 11.6. The predicted molar refractivity (Wildman–Crippen MR) is 76.7 cm³/mol. The SMILES string of the molecule is CCCCCN1CC(=O)N[C@@H]1c1ccc([N+](=O)[O-])c(O)c1. The highest BCUT2D eigenvalue weighted by molar-refractivity contribution is 5.80. The first-order chi connectivity index (χ1) is 10.0. The molecule has 0 saturated carbocycles. The maximum Gasteiger partial charge on any atom is 0.310 e. The molecule has 0 aromatic heterocycles. The van der Waals surface area contributed by atoms with Gasteiger partial charge in [-0.15, -0.1) is 0 Å². The van der Waals surface area contributed by atoms with Crippen LogP contribution in [0.25, 0.3) is 0 Å². The number of nitrogens with zero attached hydrogens (tertiary/aromatic N) is 2. The second-order valence-electron chi connectivity index (χ2n) is 5.15. The summed E-state index contributed by atoms with van der Waals surface area (Å²) >= 11 is 0. The molecular formula is C14H19N3O4. The first-order valence-corrected chi connectivity index (χ1v) is 7.03. The third-order valence-corrected chi connectivity index (χ3v) is 3.57. The number of rotatable bonds is 6. The van der Waals surface area contributed by atoms with E-state index in [4.69, 9.17) is 0 Å². The Morgan fingerprint density at radius 3 is 2.86 bits per heavy atom. The smallest absolute Gasteiger partial charge is 0.310 e. The summed E-state index contributed by atoms with van der Waals surface area (Å²) in [5.41, 5.74) is 0.320. The van der Waals surface area contributed by atoms with E-state index in [9.17, 15) is 20.0 Å². The van der Waals surface area contributed by atoms with E-state index in [0.717, 1.165) is 25.8 Å². The minimum absolute atomic E-state index is 0.0747. The highest BCUT2D eigenvalue weighted by atomic mass is 16.6. The Morgan fingerprint density at radius 1 is 1.48 bits per heavy atom. The summed E-state index contributed by atoms with van der Waals surface area (Å²) in [7, 11) is 0. The van der Waals surface area contributed by atoms with Gasteiger partial charge in [0.25, 0.3) is 0 Å². The van der Waals surface area contributed by atoms with Crippen molar-refractivity contribution in [2.45, 2.75) is 32.4 Å². The number of nitrogens with one attached hydrogen (secondary N) is 1. The molecule has 1 saturated heterocycles. The zero-order valence-corrected chi connectivity index (χ0v) is 11.9. The summed E-state index contributed by atoms with van der Waals surface area (Å²) in [6.45, 7) is 3.19. The third-order valence-electron chi connectivity index (χ3n) is 3.57. The molecule has 7 nitrogen and oxygen atoms in total. The van der Waals surface area contributed by atoms with Crippen LogP contribution in [0.15, 0.2) is 18.2 Å². The van der Waals surface area contributed by atoms with Crippen molar-refractivity contribution in [3.8, 4) is 5.75 Å². The van der Waals surface area contributed by atoms with Crippen molar-refractivity contribution < 1.29 is 14.8 Å². The molecule has 1 heterocycles. The van der Waals surface area contributed by atoms with Gasteiger partial charge in [-0.3, -0.25) is 19.8 Å². The van der Waals surface area contributed by atoms with Crippen molar-refractivity contribution in [1.29, 1.82) is 0 Å². The van der Waals surface area contributed by atoms with Gasteiger partial charge < -0.3 is 10.4 Å². The molecule has 1 atom stereocenters. The fraction of sp³-hybridized carbons (Fsp3) is 0.500. The lowest BCUT2D eigenvalue weighted by atomic mass is 10.1. The van der Waals surface area contributed by atoms with Gasteiger partial charge in [-0.25, -0.2) is 0 Å². The topological polar surface area (TPSA) is 95.7 Å². The summed E-state index contributed by atoms with van der Waals surface area (Å²) in [6, 6.07) is 4.18. The maximum atomic E-state index is 11.6. The Hall–Kier alpha value is -2.15. The summed E-state index contributed by atoms with van der Waals surface area (Å²) in [5.74, 6) is -0.457. The van der Waals surface area contributed by atoms with E-state index in [1.165, 1.54) is 12.1 Å². The van der Waals surface area contributed by atoms with Gasteiger partial charge in [-0.05, 0) is 24.1 Å². The van der Waals surface area contributed by atoms with E-state index < -0.39 is 4.92 Å². The Kier molecular flexibility index (Phi) is 4.74. The van der Waals surface area contributed by atoms with Crippen LogP contribution < -0.4 is 5.32 Å². The average molecular weight is 293 g/mol. The number of unbranched alkanes of at least 4 members (excludes halogenated alkanes) is 2. The first-order valence-electron chi connectivity index (χ1n) is 7.03. The van der Waals surface area contributed by atoms with E-state index in [2.05, 4.69) is 12.2 Å². The van der Waals surface area contributed by atoms with Gasteiger partial charge in [-0.1, -0.05) is 19.8 Å². The van der Waals surface area contributed by atoms with E-state index in [1.54, 1.807) is 6.07 Å². The lowest BCUT2D eigenvalue weighted by molar-refractivity contribution is -0.385. The second kappa shape index (κ2) is 6.53. The fourth-order valence-corrected chi connectivity index (χ4v) is 2.50. The van der Waals surface area contributed by atoms with Gasteiger partial charge in [0.2, 0.25) is 5.91 Å². The molecule has 1 aliphatic rings. The molecule has 1 fully saturated rings. The largest absolute Gasteiger partial charge is 0.502 e. The van der Waals surface area contributed by atoms with Crippen molar-refractivity contribution in [2.75, 3.05) is 13.1 Å². The zero-order chi connectivity index (χ0) is 15.4. The van der Waals surface area contributed by atoms with Crippen LogP contribution in [0.3, 0.4) is 0 Å². The van der Waals surface area contributed by atoms with Crippen molar-refractivity contribution in [3.63, 3.8) is 0 Å². The van der Waals surface area contributed by atoms with Crippen LogP contribution in [0.1, 0.15) is 37.9 Å². The summed E-state index contributed by atoms with van der Waals surface area (Å²) in [6.07, 6.45) is 2.84. The van der Waals surface area contributed by atoms with Crippen molar-refractivity contribution in [3.05, 3.63) is 33.9 Å². The molecule has 7 heteroatoms. The van der Waals surface area contributed by atoms with Gasteiger partial charge in [-0.2, -0.15) is 0 Å². The number of amides is 1. The van der Waals surface area contributed by atoms with Gasteiger partial charge in [0.1, 0.15) is 6.17 Å². The highest BCUT2D eigenvalue weighted by Crippen LogP contribution is 2.31. The quantitative estimate of drug-likeness (QED) is 0.474. The van der Waals surface area contributed by atoms with Crippen molar-refractivity contribution in [2.24, 2.45) is 0 Å². The molecule has 1 aliphatic heterocycles. The van der Waals surface area contributed by atoms with Crippen molar-refractivity contribution >= 4 is 11.6 Å².